The van der Waals surface area contributed by atoms with Crippen LogP contribution in [0.25, 0.3) is 6.08 Å². The van der Waals surface area contributed by atoms with Gasteiger partial charge >= 0.3 is 0 Å². The Morgan fingerprint density at radius 3 is 2.47 bits per heavy atom. The first kappa shape index (κ1) is 19.7. The maximum Gasteiger partial charge on any atom is 0.119 e. The highest BCUT2D eigenvalue weighted by atomic mass is 16.5. The van der Waals surface area contributed by atoms with E-state index in [0.717, 1.165) is 36.3 Å². The summed E-state index contributed by atoms with van der Waals surface area (Å²) in [5.41, 5.74) is 5.32. The molecule has 2 fully saturated rings. The largest absolute Gasteiger partial charge is 0.497 e. The minimum Gasteiger partial charge on any atom is -0.497 e. The molecule has 3 nitrogen and oxygen atoms in total. The third-order valence-electron chi connectivity index (χ3n) is 8.27. The zero-order chi connectivity index (χ0) is 20.9. The molecule has 0 spiro atoms. The van der Waals surface area contributed by atoms with Crippen LogP contribution in [0, 0.1) is 17.3 Å². The Bertz CT molecular complexity index is 961. The quantitative estimate of drug-likeness (QED) is 0.722. The van der Waals surface area contributed by atoms with Gasteiger partial charge in [0.25, 0.3) is 0 Å². The van der Waals surface area contributed by atoms with Crippen molar-refractivity contribution in [3.63, 3.8) is 0 Å². The Labute approximate surface area is 179 Å². The van der Waals surface area contributed by atoms with E-state index in [4.69, 9.17) is 9.47 Å². The van der Waals surface area contributed by atoms with Gasteiger partial charge in [0, 0.05) is 5.41 Å². The molecule has 5 atom stereocenters. The summed E-state index contributed by atoms with van der Waals surface area (Å²) in [5, 5.41) is 11.3. The van der Waals surface area contributed by atoms with Crippen molar-refractivity contribution in [2.45, 2.75) is 51.0 Å². The lowest BCUT2D eigenvalue weighted by atomic mass is 9.55. The Hall–Kier alpha value is -2.26. The molecule has 1 N–H and O–H groups in total. The minimum absolute atomic E-state index is 0.0105. The Morgan fingerprint density at radius 2 is 1.73 bits per heavy atom. The maximum atomic E-state index is 11.3. The van der Waals surface area contributed by atoms with Gasteiger partial charge in [-0.3, -0.25) is 0 Å². The van der Waals surface area contributed by atoms with Gasteiger partial charge in [0.1, 0.15) is 11.5 Å². The van der Waals surface area contributed by atoms with Crippen molar-refractivity contribution >= 4 is 6.08 Å². The van der Waals surface area contributed by atoms with Gasteiger partial charge in [0.2, 0.25) is 0 Å². The van der Waals surface area contributed by atoms with Crippen molar-refractivity contribution in [1.82, 2.24) is 0 Å². The molecule has 0 heterocycles. The fraction of sp³-hybridized carbons (Fsp3) is 0.481. The Kier molecular flexibility index (Phi) is 4.89. The van der Waals surface area contributed by atoms with Crippen LogP contribution < -0.4 is 9.47 Å². The van der Waals surface area contributed by atoms with E-state index in [9.17, 15) is 5.11 Å². The van der Waals surface area contributed by atoms with Crippen LogP contribution in [-0.2, 0) is 6.42 Å². The summed E-state index contributed by atoms with van der Waals surface area (Å²) in [4.78, 5) is 0. The highest BCUT2D eigenvalue weighted by Crippen LogP contribution is 2.62. The number of benzene rings is 2. The fourth-order valence-corrected chi connectivity index (χ4v) is 6.60. The van der Waals surface area contributed by atoms with Gasteiger partial charge in [-0.15, -0.1) is 0 Å². The predicted octanol–water partition coefficient (Wildman–Crippen LogP) is 5.61. The molecule has 3 aliphatic carbocycles. The summed E-state index contributed by atoms with van der Waals surface area (Å²) in [6.45, 7) is 2.33. The van der Waals surface area contributed by atoms with E-state index in [2.05, 4.69) is 43.3 Å². The van der Waals surface area contributed by atoms with E-state index >= 15 is 0 Å². The lowest BCUT2D eigenvalue weighted by molar-refractivity contribution is -0.0158. The van der Waals surface area contributed by atoms with E-state index in [-0.39, 0.29) is 11.5 Å². The van der Waals surface area contributed by atoms with Gasteiger partial charge in [0.15, 0.2) is 0 Å². The van der Waals surface area contributed by atoms with Gasteiger partial charge in [-0.2, -0.15) is 0 Å². The fourth-order valence-electron chi connectivity index (χ4n) is 6.60. The normalized spacial score (nSPS) is 33.5. The molecule has 2 saturated carbocycles. The van der Waals surface area contributed by atoms with Crippen molar-refractivity contribution in [2.75, 3.05) is 14.2 Å². The highest BCUT2D eigenvalue weighted by molar-refractivity contribution is 5.56. The summed E-state index contributed by atoms with van der Waals surface area (Å²) in [6, 6.07) is 14.8. The van der Waals surface area contributed by atoms with Crippen LogP contribution >= 0.6 is 0 Å². The average molecular weight is 405 g/mol. The minimum atomic E-state index is -0.345. The molecule has 3 heteroatoms. The first-order valence-electron chi connectivity index (χ1n) is 11.2. The van der Waals surface area contributed by atoms with E-state index in [0.29, 0.717) is 17.8 Å². The molecule has 0 bridgehead atoms. The van der Waals surface area contributed by atoms with E-state index < -0.39 is 0 Å². The summed E-state index contributed by atoms with van der Waals surface area (Å²) >= 11 is 0. The second-order valence-corrected chi connectivity index (χ2v) is 9.62. The number of aliphatic hydroxyl groups excluding tert-OH is 1. The molecule has 0 radical (unpaired) electrons. The smallest absolute Gasteiger partial charge is 0.119 e. The number of aryl methyl sites for hydroxylation is 1. The topological polar surface area (TPSA) is 38.7 Å². The average Bonchev–Trinajstić information content (AvgIpc) is 3.04. The van der Waals surface area contributed by atoms with Crippen LogP contribution in [0.15, 0.2) is 48.0 Å². The van der Waals surface area contributed by atoms with Gasteiger partial charge in [-0.05, 0) is 96.4 Å². The van der Waals surface area contributed by atoms with E-state index in [1.54, 1.807) is 14.2 Å². The molecule has 0 saturated heterocycles. The summed E-state index contributed by atoms with van der Waals surface area (Å²) < 4.78 is 10.7. The van der Waals surface area contributed by atoms with Gasteiger partial charge in [-0.1, -0.05) is 31.2 Å². The second-order valence-electron chi connectivity index (χ2n) is 9.62. The Morgan fingerprint density at radius 1 is 1.00 bits per heavy atom. The molecule has 0 unspecified atom stereocenters. The monoisotopic (exact) mass is 404 g/mol. The lowest BCUT2D eigenvalue weighted by Crippen LogP contribution is -2.44. The van der Waals surface area contributed by atoms with Crippen molar-refractivity contribution in [1.29, 1.82) is 0 Å². The van der Waals surface area contributed by atoms with Crippen molar-refractivity contribution in [2.24, 2.45) is 17.3 Å². The molecular weight excluding hydrogens is 372 g/mol. The molecule has 2 aromatic carbocycles. The molecule has 0 amide bonds. The number of fused-ring (bicyclic) bond motifs is 5. The van der Waals surface area contributed by atoms with Crippen LogP contribution in [0.4, 0.5) is 0 Å². The summed E-state index contributed by atoms with van der Waals surface area (Å²) in [5.74, 6) is 3.65. The molecule has 3 aliphatic rings. The number of rotatable bonds is 3. The van der Waals surface area contributed by atoms with Crippen LogP contribution in [0.3, 0.4) is 0 Å². The number of methoxy groups -OCH3 is 2. The van der Waals surface area contributed by atoms with Gasteiger partial charge in [-0.25, -0.2) is 0 Å². The first-order chi connectivity index (χ1) is 14.5. The number of aliphatic hydroxyl groups is 1. The van der Waals surface area contributed by atoms with E-state index in [1.165, 1.54) is 29.5 Å². The number of ether oxygens (including phenoxy) is 2. The standard InChI is InChI=1S/C27H32O3/c1-27-13-12-23-22-11-9-21(30-3)15-18(22)6-10-24(23)25(27)16-19(26(27)28)14-17-4-7-20(29-2)8-5-17/h4-5,7-9,11,14-15,23-26,28H,6,10,12-13,16H2,1-3H3/b19-14+/t23-,24-,25-,26-,27+/m0/s1. The van der Waals surface area contributed by atoms with Crippen molar-refractivity contribution in [3.05, 3.63) is 64.7 Å². The Balaban J connectivity index is 1.44. The molecule has 0 aliphatic heterocycles. The SMILES string of the molecule is COc1ccc(/C=C2\C[C@H]3[C@H]4CCc5cc(OC)ccc5[C@@H]4CC[C@@]3(C)[C@H]2O)cc1. The van der Waals surface area contributed by atoms with E-state index in [1.807, 2.05) is 12.1 Å². The lowest BCUT2D eigenvalue weighted by Gasteiger charge is -2.49. The molecular formula is C27H32O3. The predicted molar refractivity (Wildman–Crippen MR) is 120 cm³/mol. The molecule has 2 aromatic rings. The van der Waals surface area contributed by atoms with Gasteiger partial charge < -0.3 is 14.6 Å². The number of hydrogen-bond donors (Lipinski definition) is 1. The van der Waals surface area contributed by atoms with Crippen LogP contribution in [-0.4, -0.2) is 25.4 Å². The highest BCUT2D eigenvalue weighted by Gasteiger charge is 2.56. The maximum absolute atomic E-state index is 11.3. The molecule has 0 aromatic heterocycles. The van der Waals surface area contributed by atoms with Crippen LogP contribution in [0.2, 0.25) is 0 Å². The number of hydrogen-bond acceptors (Lipinski definition) is 3. The van der Waals surface area contributed by atoms with Crippen molar-refractivity contribution < 1.29 is 14.6 Å². The first-order valence-corrected chi connectivity index (χ1v) is 11.2. The third-order valence-corrected chi connectivity index (χ3v) is 8.27. The zero-order valence-electron chi connectivity index (χ0n) is 18.2. The zero-order valence-corrected chi connectivity index (χ0v) is 18.2. The van der Waals surface area contributed by atoms with Crippen LogP contribution in [0.5, 0.6) is 11.5 Å². The molecule has 30 heavy (non-hydrogen) atoms. The summed E-state index contributed by atoms with van der Waals surface area (Å²) in [6.07, 6.45) is 7.47. The summed E-state index contributed by atoms with van der Waals surface area (Å²) in [7, 11) is 3.44. The van der Waals surface area contributed by atoms with Gasteiger partial charge in [0.05, 0.1) is 20.3 Å². The van der Waals surface area contributed by atoms with Crippen LogP contribution in [0.1, 0.15) is 55.2 Å². The van der Waals surface area contributed by atoms with Crippen molar-refractivity contribution in [3.8, 4) is 11.5 Å². The third kappa shape index (κ3) is 3.06. The second kappa shape index (κ2) is 7.46. The molecule has 158 valence electrons. The molecule has 5 rings (SSSR count).